The number of hydrogen-bond acceptors (Lipinski definition) is 7. The molecule has 196 valence electrons. The van der Waals surface area contributed by atoms with Gasteiger partial charge < -0.3 is 19.9 Å². The lowest BCUT2D eigenvalue weighted by Crippen LogP contribution is -2.50. The minimum absolute atomic E-state index is 0.264. The van der Waals surface area contributed by atoms with Gasteiger partial charge >= 0.3 is 0 Å². The van der Waals surface area contributed by atoms with Gasteiger partial charge in [0.1, 0.15) is 11.6 Å². The Morgan fingerprint density at radius 1 is 1.13 bits per heavy atom. The zero-order chi connectivity index (χ0) is 26.1. The molecule has 1 aromatic carbocycles. The molecule has 3 aromatic heterocycles. The number of carbonyl (C=O) groups is 1. The second kappa shape index (κ2) is 10.4. The van der Waals surface area contributed by atoms with E-state index in [1.807, 2.05) is 35.2 Å². The number of H-pyrrole nitrogens is 1. The molecule has 1 aliphatic heterocycles. The quantitative estimate of drug-likeness (QED) is 0.377. The van der Waals surface area contributed by atoms with Crippen LogP contribution in [0, 0.1) is 11.7 Å². The van der Waals surface area contributed by atoms with Gasteiger partial charge in [-0.15, -0.1) is 0 Å². The van der Waals surface area contributed by atoms with Crippen molar-refractivity contribution >= 4 is 28.7 Å². The number of aromatic nitrogens is 4. The van der Waals surface area contributed by atoms with Gasteiger partial charge in [0.2, 0.25) is 17.7 Å². The molecule has 4 aromatic rings. The highest BCUT2D eigenvalue weighted by Crippen LogP contribution is 2.30. The van der Waals surface area contributed by atoms with Gasteiger partial charge in [0.15, 0.2) is 0 Å². The fraction of sp³-hybridized carbons (Fsp3) is 0.357. The molecule has 0 spiro atoms. The summed E-state index contributed by atoms with van der Waals surface area (Å²) < 4.78 is 19.6. The molecule has 10 heteroatoms. The van der Waals surface area contributed by atoms with Crippen LogP contribution in [0.4, 0.5) is 16.2 Å². The summed E-state index contributed by atoms with van der Waals surface area (Å²) in [5.74, 6) is 1.78. The van der Waals surface area contributed by atoms with Crippen LogP contribution in [-0.2, 0) is 11.3 Å². The first-order valence-corrected chi connectivity index (χ1v) is 13.0. The Hall–Kier alpha value is -4.05. The summed E-state index contributed by atoms with van der Waals surface area (Å²) in [7, 11) is 1.50. The lowest BCUT2D eigenvalue weighted by Gasteiger charge is -2.38. The van der Waals surface area contributed by atoms with E-state index in [1.165, 1.54) is 13.5 Å². The predicted molar refractivity (Wildman–Crippen MR) is 143 cm³/mol. The number of pyridine rings is 2. The van der Waals surface area contributed by atoms with Crippen LogP contribution in [0.3, 0.4) is 0 Å². The number of anilines is 2. The van der Waals surface area contributed by atoms with Crippen LogP contribution in [0.1, 0.15) is 24.8 Å². The largest absolute Gasteiger partial charge is 0.481 e. The number of aromatic amines is 1. The predicted octanol–water partition coefficient (Wildman–Crippen LogP) is 4.36. The fourth-order valence-corrected chi connectivity index (χ4v) is 5.05. The molecule has 0 unspecified atom stereocenters. The van der Waals surface area contributed by atoms with E-state index in [9.17, 15) is 9.18 Å². The molecule has 6 rings (SSSR count). The van der Waals surface area contributed by atoms with Crippen LogP contribution in [0.15, 0.2) is 48.8 Å². The Morgan fingerprint density at radius 2 is 1.97 bits per heavy atom. The van der Waals surface area contributed by atoms with Crippen molar-refractivity contribution in [3.8, 4) is 17.0 Å². The summed E-state index contributed by atoms with van der Waals surface area (Å²) in [5, 5.41) is 3.25. The third-order valence-electron chi connectivity index (χ3n) is 7.45. The Bertz CT molecular complexity index is 1460. The van der Waals surface area contributed by atoms with E-state index in [0.29, 0.717) is 34.7 Å². The number of halogens is 1. The van der Waals surface area contributed by atoms with Crippen LogP contribution in [0.2, 0.25) is 0 Å². The zero-order valence-corrected chi connectivity index (χ0v) is 21.3. The minimum Gasteiger partial charge on any atom is -0.481 e. The molecule has 2 aliphatic rings. The average molecular weight is 516 g/mol. The number of benzene rings is 1. The van der Waals surface area contributed by atoms with Crippen molar-refractivity contribution in [3.63, 3.8) is 0 Å². The number of nitrogens with zero attached hydrogens (tertiary/aromatic N) is 5. The lowest BCUT2D eigenvalue weighted by atomic mass is 9.84. The molecule has 2 fully saturated rings. The molecule has 1 amide bonds. The van der Waals surface area contributed by atoms with E-state index in [0.717, 1.165) is 68.4 Å². The summed E-state index contributed by atoms with van der Waals surface area (Å²) >= 11 is 0. The average Bonchev–Trinajstić information content (AvgIpc) is 3.30. The van der Waals surface area contributed by atoms with Gasteiger partial charge in [-0.05, 0) is 48.2 Å². The third kappa shape index (κ3) is 5.04. The van der Waals surface area contributed by atoms with Crippen LogP contribution in [-0.4, -0.2) is 68.9 Å². The summed E-state index contributed by atoms with van der Waals surface area (Å²) in [5.41, 5.74) is 3.77. The van der Waals surface area contributed by atoms with Gasteiger partial charge in [0.05, 0.1) is 24.3 Å². The minimum atomic E-state index is -0.421. The number of amides is 1. The van der Waals surface area contributed by atoms with Crippen LogP contribution >= 0.6 is 0 Å². The lowest BCUT2D eigenvalue weighted by molar-refractivity contribution is -0.140. The van der Waals surface area contributed by atoms with Crippen molar-refractivity contribution < 1.29 is 13.9 Å². The second-order valence-electron chi connectivity index (χ2n) is 9.93. The van der Waals surface area contributed by atoms with Crippen molar-refractivity contribution in [1.29, 1.82) is 0 Å². The number of rotatable bonds is 7. The molecule has 4 heterocycles. The summed E-state index contributed by atoms with van der Waals surface area (Å²) in [6, 6.07) is 11.1. The number of methoxy groups -OCH3 is 1. The highest BCUT2D eigenvalue weighted by Gasteiger charge is 2.31. The van der Waals surface area contributed by atoms with Gasteiger partial charge in [-0.1, -0.05) is 12.5 Å². The molecule has 0 bridgehead atoms. The van der Waals surface area contributed by atoms with Crippen LogP contribution in [0.5, 0.6) is 5.88 Å². The number of fused-ring (bicyclic) bond motifs is 1. The van der Waals surface area contributed by atoms with Crippen molar-refractivity contribution in [2.45, 2.75) is 25.8 Å². The van der Waals surface area contributed by atoms with Crippen molar-refractivity contribution in [3.05, 3.63) is 60.2 Å². The van der Waals surface area contributed by atoms with Gasteiger partial charge in [0, 0.05) is 56.5 Å². The monoisotopic (exact) mass is 515 g/mol. The molecule has 0 radical (unpaired) electrons. The van der Waals surface area contributed by atoms with Gasteiger partial charge in [0.25, 0.3) is 0 Å². The van der Waals surface area contributed by atoms with E-state index in [-0.39, 0.29) is 5.92 Å². The topological polar surface area (TPSA) is 99.3 Å². The maximum Gasteiger partial charge on any atom is 0.225 e. The first-order chi connectivity index (χ1) is 18.6. The summed E-state index contributed by atoms with van der Waals surface area (Å²) in [4.78, 5) is 33.2. The van der Waals surface area contributed by atoms with E-state index in [4.69, 9.17) is 4.74 Å². The van der Waals surface area contributed by atoms with Gasteiger partial charge in [-0.25, -0.2) is 19.3 Å². The molecule has 2 N–H and O–H groups in total. The van der Waals surface area contributed by atoms with Crippen molar-refractivity contribution in [2.24, 2.45) is 5.92 Å². The maximum absolute atomic E-state index is 14.4. The Labute approximate surface area is 220 Å². The molecule has 1 aliphatic carbocycles. The Kier molecular flexibility index (Phi) is 6.63. The second-order valence-corrected chi connectivity index (χ2v) is 9.93. The highest BCUT2D eigenvalue weighted by molar-refractivity contribution is 5.84. The van der Waals surface area contributed by atoms with Crippen LogP contribution in [0.25, 0.3) is 22.2 Å². The maximum atomic E-state index is 14.4. The summed E-state index contributed by atoms with van der Waals surface area (Å²) in [6.07, 6.45) is 6.23. The first kappa shape index (κ1) is 24.3. The Morgan fingerprint density at radius 3 is 2.74 bits per heavy atom. The number of imidazole rings is 1. The molecular formula is C28H30FN7O2. The van der Waals surface area contributed by atoms with Crippen molar-refractivity contribution in [1.82, 2.24) is 29.7 Å². The molecule has 1 saturated carbocycles. The fourth-order valence-electron chi connectivity index (χ4n) is 5.05. The number of carbonyl (C=O) groups excluding carboxylic acids is 1. The Balaban J connectivity index is 1.11. The van der Waals surface area contributed by atoms with Gasteiger partial charge in [-0.2, -0.15) is 0 Å². The number of hydrogen-bond donors (Lipinski definition) is 2. The molecule has 9 nitrogen and oxygen atoms in total. The van der Waals surface area contributed by atoms with Crippen molar-refractivity contribution in [2.75, 3.05) is 38.6 Å². The SMILES string of the molecule is COc1cc(-c2ccc3nc(Nc4cc(CN5CCN(C(=O)C6CCC6)CC5)ccn4)[nH]c3c2)c(F)cn1. The first-order valence-electron chi connectivity index (χ1n) is 13.0. The van der Waals surface area contributed by atoms with Gasteiger partial charge in [-0.3, -0.25) is 9.69 Å². The smallest absolute Gasteiger partial charge is 0.225 e. The number of ether oxygens (including phenoxy) is 1. The highest BCUT2D eigenvalue weighted by atomic mass is 19.1. The standard InChI is InChI=1S/C28H30FN7O2/c1-38-26-15-21(22(29)16-31-26)20-5-6-23-24(14-20)33-28(32-23)34-25-13-18(7-8-30-25)17-35-9-11-36(12-10-35)27(37)19-3-2-4-19/h5-8,13-16,19H,2-4,9-12,17H2,1H3,(H2,30,32,33,34). The van der Waals surface area contributed by atoms with E-state index in [2.05, 4.69) is 30.2 Å². The van der Waals surface area contributed by atoms with Crippen LogP contribution < -0.4 is 10.1 Å². The summed E-state index contributed by atoms with van der Waals surface area (Å²) in [6.45, 7) is 4.14. The normalized spacial score (nSPS) is 16.4. The molecule has 1 saturated heterocycles. The molecule has 0 atom stereocenters. The molecule has 38 heavy (non-hydrogen) atoms. The van der Waals surface area contributed by atoms with E-state index in [1.54, 1.807) is 12.3 Å². The van der Waals surface area contributed by atoms with E-state index < -0.39 is 5.82 Å². The number of piperazine rings is 1. The third-order valence-corrected chi connectivity index (χ3v) is 7.45. The van der Waals surface area contributed by atoms with E-state index >= 15 is 0 Å². The number of nitrogens with one attached hydrogen (secondary N) is 2. The zero-order valence-electron chi connectivity index (χ0n) is 21.3. The molecular weight excluding hydrogens is 485 g/mol.